The van der Waals surface area contributed by atoms with Gasteiger partial charge in [-0.2, -0.15) is 9.97 Å². The van der Waals surface area contributed by atoms with Gasteiger partial charge in [0.05, 0.1) is 30.8 Å². The number of anilines is 1. The number of halogens is 2. The number of aromatic nitrogens is 4. The van der Waals surface area contributed by atoms with Crippen molar-refractivity contribution in [1.82, 2.24) is 24.4 Å². The predicted octanol–water partition coefficient (Wildman–Crippen LogP) is 3.57. The number of ether oxygens (including phenoxy) is 2. The first-order valence-electron chi connectivity index (χ1n) is 13.2. The van der Waals surface area contributed by atoms with Crippen LogP contribution in [0, 0.1) is 5.92 Å². The highest BCUT2D eigenvalue weighted by Gasteiger charge is 2.30. The van der Waals surface area contributed by atoms with Gasteiger partial charge in [-0.25, -0.2) is 13.8 Å². The molecule has 0 N–H and O–H groups in total. The van der Waals surface area contributed by atoms with Gasteiger partial charge in [-0.1, -0.05) is 12.1 Å². The van der Waals surface area contributed by atoms with Gasteiger partial charge < -0.3 is 19.3 Å². The van der Waals surface area contributed by atoms with Crippen LogP contribution in [0.3, 0.4) is 0 Å². The van der Waals surface area contributed by atoms with Crippen molar-refractivity contribution in [3.63, 3.8) is 0 Å². The van der Waals surface area contributed by atoms with Gasteiger partial charge in [0.25, 0.3) is 6.43 Å². The largest absolute Gasteiger partial charge is 0.474 e. The fourth-order valence-electron chi connectivity index (χ4n) is 5.23. The molecule has 5 rings (SSSR count). The number of alkyl halides is 2. The lowest BCUT2D eigenvalue weighted by Gasteiger charge is -2.31. The molecule has 12 heteroatoms. The Labute approximate surface area is 224 Å². The molecular weight excluding hydrogens is 510 g/mol. The second kappa shape index (κ2) is 11.6. The zero-order chi connectivity index (χ0) is 27.5. The first-order chi connectivity index (χ1) is 18.8. The lowest BCUT2D eigenvalue weighted by molar-refractivity contribution is -0.138. The molecule has 0 spiro atoms. The van der Waals surface area contributed by atoms with E-state index in [4.69, 9.17) is 9.47 Å². The van der Waals surface area contributed by atoms with Crippen LogP contribution < -0.4 is 9.64 Å². The molecule has 1 aliphatic heterocycles. The number of nitrogens with zero attached hydrogens (tertiary/aromatic N) is 6. The SMILES string of the molecule is CC(=O)CN(C)C(=O)C1CCC(Oc2cc(-n3c(C(F)F)nc4ccccc43)nc(N3CCOCC3)n2)CC1. The molecule has 1 aromatic carbocycles. The van der Waals surface area contributed by atoms with Crippen LogP contribution in [0.2, 0.25) is 0 Å². The highest BCUT2D eigenvalue weighted by molar-refractivity contribution is 5.85. The van der Waals surface area contributed by atoms with Gasteiger partial charge in [0.1, 0.15) is 17.7 Å². The van der Waals surface area contributed by atoms with Crippen LogP contribution >= 0.6 is 0 Å². The Hall–Kier alpha value is -3.67. The van der Waals surface area contributed by atoms with Crippen molar-refractivity contribution in [3.8, 4) is 11.7 Å². The average molecular weight is 543 g/mol. The molecule has 3 aromatic rings. The molecule has 208 valence electrons. The van der Waals surface area contributed by atoms with Gasteiger partial charge in [-0.15, -0.1) is 0 Å². The maximum Gasteiger partial charge on any atom is 0.296 e. The fourth-order valence-corrected chi connectivity index (χ4v) is 5.23. The number of hydrogen-bond acceptors (Lipinski definition) is 8. The third-order valence-corrected chi connectivity index (χ3v) is 7.13. The van der Waals surface area contributed by atoms with Crippen molar-refractivity contribution < 1.29 is 27.8 Å². The molecule has 0 bridgehead atoms. The molecule has 1 saturated carbocycles. The Kier molecular flexibility index (Phi) is 8.01. The number of Topliss-reactive ketones (excluding diaryl/α,β-unsaturated/α-hetero) is 1. The number of hydrogen-bond donors (Lipinski definition) is 0. The molecule has 10 nitrogen and oxygen atoms in total. The second-order valence-corrected chi connectivity index (χ2v) is 10.0. The summed E-state index contributed by atoms with van der Waals surface area (Å²) in [5, 5.41) is 0. The minimum Gasteiger partial charge on any atom is -0.474 e. The molecular formula is C27H32F2N6O4. The maximum absolute atomic E-state index is 14.1. The van der Waals surface area contributed by atoms with E-state index < -0.39 is 12.2 Å². The van der Waals surface area contributed by atoms with Gasteiger partial charge in [0.15, 0.2) is 5.82 Å². The maximum atomic E-state index is 14.1. The second-order valence-electron chi connectivity index (χ2n) is 10.0. The van der Waals surface area contributed by atoms with Gasteiger partial charge in [0.2, 0.25) is 17.7 Å². The summed E-state index contributed by atoms with van der Waals surface area (Å²) in [5.41, 5.74) is 0.957. The Morgan fingerprint density at radius 2 is 1.82 bits per heavy atom. The summed E-state index contributed by atoms with van der Waals surface area (Å²) in [6.07, 6.45) is -0.484. The summed E-state index contributed by atoms with van der Waals surface area (Å²) >= 11 is 0. The summed E-state index contributed by atoms with van der Waals surface area (Å²) in [6, 6.07) is 8.51. The number of morpholine rings is 1. The third-order valence-electron chi connectivity index (χ3n) is 7.13. The van der Waals surface area contributed by atoms with E-state index in [1.807, 2.05) is 4.90 Å². The van der Waals surface area contributed by atoms with E-state index in [9.17, 15) is 18.4 Å². The van der Waals surface area contributed by atoms with Crippen LogP contribution in [0.15, 0.2) is 30.3 Å². The molecule has 3 heterocycles. The number of imidazole rings is 1. The van der Waals surface area contributed by atoms with Crippen molar-refractivity contribution in [1.29, 1.82) is 0 Å². The molecule has 2 aromatic heterocycles. The van der Waals surface area contributed by atoms with E-state index in [0.29, 0.717) is 69.0 Å². The Balaban J connectivity index is 1.41. The van der Waals surface area contributed by atoms with E-state index in [-0.39, 0.29) is 42.0 Å². The number of amides is 1. The van der Waals surface area contributed by atoms with Crippen molar-refractivity contribution in [2.24, 2.45) is 5.92 Å². The van der Waals surface area contributed by atoms with Gasteiger partial charge >= 0.3 is 0 Å². The van der Waals surface area contributed by atoms with Crippen molar-refractivity contribution >= 4 is 28.7 Å². The van der Waals surface area contributed by atoms with Crippen LogP contribution in [0.25, 0.3) is 16.9 Å². The number of para-hydroxylation sites is 2. The van der Waals surface area contributed by atoms with Crippen molar-refractivity contribution in [2.45, 2.75) is 45.1 Å². The summed E-state index contributed by atoms with van der Waals surface area (Å²) in [4.78, 5) is 41.0. The van der Waals surface area contributed by atoms with E-state index in [0.717, 1.165) is 0 Å². The predicted molar refractivity (Wildman–Crippen MR) is 139 cm³/mol. The van der Waals surface area contributed by atoms with Crippen LogP contribution in [0.4, 0.5) is 14.7 Å². The standard InChI is InChI=1S/C27H32F2N6O4/c1-17(36)16-33(2)26(37)18-7-9-19(10-8-18)39-23-15-22(31-27(32-23)34-11-13-38-14-12-34)35-21-6-4-3-5-20(21)30-25(35)24(28)29/h3-6,15,18-19,24H,7-14,16H2,1-2H3. The van der Waals surface area contributed by atoms with Crippen LogP contribution in [-0.4, -0.2) is 82.1 Å². The minimum atomic E-state index is -2.81. The molecule has 0 radical (unpaired) electrons. The van der Waals surface area contributed by atoms with E-state index in [2.05, 4.69) is 15.0 Å². The Morgan fingerprint density at radius 1 is 1.10 bits per heavy atom. The molecule has 0 unspecified atom stereocenters. The Morgan fingerprint density at radius 3 is 2.51 bits per heavy atom. The quantitative estimate of drug-likeness (QED) is 0.426. The number of rotatable bonds is 8. The van der Waals surface area contributed by atoms with Crippen molar-refractivity contribution in [3.05, 3.63) is 36.2 Å². The van der Waals surface area contributed by atoms with Crippen LogP contribution in [0.5, 0.6) is 5.88 Å². The Bertz CT molecular complexity index is 1340. The highest BCUT2D eigenvalue weighted by Crippen LogP contribution is 2.32. The molecule has 1 aliphatic carbocycles. The lowest BCUT2D eigenvalue weighted by atomic mass is 9.86. The molecule has 2 aliphatic rings. The monoisotopic (exact) mass is 542 g/mol. The zero-order valence-electron chi connectivity index (χ0n) is 22.1. The van der Waals surface area contributed by atoms with Gasteiger partial charge in [-0.05, 0) is 44.7 Å². The van der Waals surface area contributed by atoms with Gasteiger partial charge in [0, 0.05) is 32.1 Å². The van der Waals surface area contributed by atoms with Crippen molar-refractivity contribution in [2.75, 3.05) is 44.8 Å². The summed E-state index contributed by atoms with van der Waals surface area (Å²) in [5.74, 6) is 0.252. The highest BCUT2D eigenvalue weighted by atomic mass is 19.3. The number of likely N-dealkylation sites (N-methyl/N-ethyl adjacent to an activating group) is 1. The van der Waals surface area contributed by atoms with Gasteiger partial charge in [-0.3, -0.25) is 14.2 Å². The number of carbonyl (C=O) groups is 2. The van der Waals surface area contributed by atoms with Crippen LogP contribution in [-0.2, 0) is 14.3 Å². The fraction of sp³-hybridized carbons (Fsp3) is 0.519. The zero-order valence-corrected chi connectivity index (χ0v) is 22.1. The van der Waals surface area contributed by atoms with E-state index >= 15 is 0 Å². The number of benzene rings is 1. The number of carbonyl (C=O) groups excluding carboxylic acids is 2. The summed E-state index contributed by atoms with van der Waals surface area (Å²) in [7, 11) is 1.65. The smallest absolute Gasteiger partial charge is 0.296 e. The molecule has 2 fully saturated rings. The molecule has 1 amide bonds. The third kappa shape index (κ3) is 6.00. The summed E-state index contributed by atoms with van der Waals surface area (Å²) in [6.45, 7) is 3.72. The van der Waals surface area contributed by atoms with E-state index in [1.54, 1.807) is 37.4 Å². The molecule has 1 saturated heterocycles. The summed E-state index contributed by atoms with van der Waals surface area (Å²) < 4.78 is 41.2. The van der Waals surface area contributed by atoms with Crippen LogP contribution in [0.1, 0.15) is 44.9 Å². The number of fused-ring (bicyclic) bond motifs is 1. The normalized spacial score (nSPS) is 19.9. The first-order valence-corrected chi connectivity index (χ1v) is 13.2. The first kappa shape index (κ1) is 26.9. The number of ketones is 1. The minimum absolute atomic E-state index is 0.0332. The molecule has 0 atom stereocenters. The topological polar surface area (TPSA) is 103 Å². The average Bonchev–Trinajstić information content (AvgIpc) is 3.33. The van der Waals surface area contributed by atoms with E-state index in [1.165, 1.54) is 16.4 Å². The molecule has 39 heavy (non-hydrogen) atoms. The lowest BCUT2D eigenvalue weighted by Crippen LogP contribution is -2.39.